The minimum atomic E-state index is -1.09. The molecule has 0 spiro atoms. The fourth-order valence-corrected chi connectivity index (χ4v) is 2.43. The highest BCUT2D eigenvalue weighted by Crippen LogP contribution is 2.31. The molecule has 0 bridgehead atoms. The second-order valence-corrected chi connectivity index (χ2v) is 6.26. The second-order valence-electron chi connectivity index (χ2n) is 4.63. The molecule has 1 rings (SSSR count). The van der Waals surface area contributed by atoms with E-state index in [1.807, 2.05) is 6.07 Å². The third-order valence-electron chi connectivity index (χ3n) is 2.79. The number of rotatable bonds is 5. The number of benzene rings is 1. The van der Waals surface area contributed by atoms with Gasteiger partial charge >= 0.3 is 5.97 Å². The molecule has 3 N–H and O–H groups in total. The second kappa shape index (κ2) is 6.04. The first kappa shape index (κ1) is 15.5. The molecule has 0 radical (unpaired) electrons. The highest BCUT2D eigenvalue weighted by molar-refractivity contribution is 7.99. The fourth-order valence-electron chi connectivity index (χ4n) is 1.41. The van der Waals surface area contributed by atoms with Gasteiger partial charge in [0.1, 0.15) is 11.9 Å². The van der Waals surface area contributed by atoms with Gasteiger partial charge in [0, 0.05) is 10.5 Å². The minimum absolute atomic E-state index is 0.259. The van der Waals surface area contributed by atoms with Crippen LogP contribution in [0.5, 0.6) is 0 Å². The van der Waals surface area contributed by atoms with Crippen LogP contribution in [-0.4, -0.2) is 21.9 Å². The molecule has 0 aromatic heterocycles. The summed E-state index contributed by atoms with van der Waals surface area (Å²) in [5.74, 6) is -1.25. The molecule has 19 heavy (non-hydrogen) atoms. The maximum Gasteiger partial charge on any atom is 0.321 e. The van der Waals surface area contributed by atoms with Crippen molar-refractivity contribution >= 4 is 17.7 Å². The van der Waals surface area contributed by atoms with E-state index in [1.165, 1.54) is 30.0 Å². The molecule has 0 amide bonds. The first-order valence-corrected chi connectivity index (χ1v) is 6.57. The summed E-state index contributed by atoms with van der Waals surface area (Å²) in [5.41, 5.74) is 6.33. The predicted octanol–water partition coefficient (Wildman–Crippen LogP) is 2.12. The van der Waals surface area contributed by atoms with E-state index in [4.69, 9.17) is 16.1 Å². The highest BCUT2D eigenvalue weighted by Gasteiger charge is 2.32. The van der Waals surface area contributed by atoms with Crippen LogP contribution < -0.4 is 5.73 Å². The minimum Gasteiger partial charge on any atom is -0.480 e. The zero-order valence-electron chi connectivity index (χ0n) is 10.7. The van der Waals surface area contributed by atoms with E-state index in [0.29, 0.717) is 11.1 Å². The number of hydrogen-bond acceptors (Lipinski definition) is 4. The smallest absolute Gasteiger partial charge is 0.321 e. The van der Waals surface area contributed by atoms with E-state index in [2.05, 4.69) is 0 Å². The Morgan fingerprint density at radius 1 is 1.63 bits per heavy atom. The van der Waals surface area contributed by atoms with Crippen LogP contribution in [0.25, 0.3) is 0 Å². The molecule has 6 heteroatoms. The summed E-state index contributed by atoms with van der Waals surface area (Å²) in [5, 5.41) is 17.7. The van der Waals surface area contributed by atoms with Gasteiger partial charge in [-0.2, -0.15) is 5.26 Å². The van der Waals surface area contributed by atoms with E-state index in [9.17, 15) is 9.18 Å². The number of carboxylic acids is 1. The number of thioether (sulfide) groups is 1. The molecular weight excluding hydrogens is 267 g/mol. The maximum absolute atomic E-state index is 13.6. The van der Waals surface area contributed by atoms with Gasteiger partial charge in [0.2, 0.25) is 0 Å². The normalized spacial score (nSPS) is 12.8. The van der Waals surface area contributed by atoms with Gasteiger partial charge < -0.3 is 10.8 Å². The average Bonchev–Trinajstić information content (AvgIpc) is 2.36. The van der Waals surface area contributed by atoms with Crippen molar-refractivity contribution in [2.45, 2.75) is 30.4 Å². The zero-order valence-corrected chi connectivity index (χ0v) is 11.5. The van der Waals surface area contributed by atoms with Gasteiger partial charge in [-0.15, -0.1) is 11.8 Å². The van der Waals surface area contributed by atoms with E-state index >= 15 is 0 Å². The monoisotopic (exact) mass is 282 g/mol. The molecule has 0 fully saturated rings. The molecule has 0 heterocycles. The Bertz CT molecular complexity index is 526. The van der Waals surface area contributed by atoms with Crippen molar-refractivity contribution in [3.05, 3.63) is 35.1 Å². The van der Waals surface area contributed by atoms with Crippen molar-refractivity contribution in [1.82, 2.24) is 0 Å². The molecule has 0 saturated carbocycles. The van der Waals surface area contributed by atoms with Crippen molar-refractivity contribution in [3.8, 4) is 6.07 Å². The van der Waals surface area contributed by atoms with Crippen LogP contribution in [0.1, 0.15) is 25.0 Å². The van der Waals surface area contributed by atoms with Crippen molar-refractivity contribution in [3.63, 3.8) is 0 Å². The fraction of sp³-hybridized carbons (Fsp3) is 0.385. The third kappa shape index (κ3) is 3.94. The summed E-state index contributed by atoms with van der Waals surface area (Å²) in [7, 11) is 0. The maximum atomic E-state index is 13.6. The number of halogens is 1. The molecule has 0 saturated heterocycles. The van der Waals surface area contributed by atoms with E-state index in [0.717, 1.165) is 0 Å². The molecule has 1 atom stereocenters. The number of carboxylic acid groups (broad SMARTS) is 1. The average molecular weight is 282 g/mol. The summed E-state index contributed by atoms with van der Waals surface area (Å²) in [6.07, 6.45) is 0. The van der Waals surface area contributed by atoms with Gasteiger partial charge in [-0.25, -0.2) is 4.39 Å². The Morgan fingerprint density at radius 3 is 2.79 bits per heavy atom. The van der Waals surface area contributed by atoms with Crippen molar-refractivity contribution in [2.24, 2.45) is 5.73 Å². The van der Waals surface area contributed by atoms with Crippen LogP contribution in [0.3, 0.4) is 0 Å². The molecule has 102 valence electrons. The SMILES string of the molecule is CC(C)(SCc1cc(C#N)ccc1F)[C@@H](N)C(=O)O. The van der Waals surface area contributed by atoms with Crippen molar-refractivity contribution in [1.29, 1.82) is 5.26 Å². The standard InChI is InChI=1S/C13H15FN2O2S/c1-13(2,11(16)12(17)18)19-7-9-5-8(6-15)3-4-10(9)14/h3-5,11H,7,16H2,1-2H3,(H,17,18)/t11-/m0/s1. The van der Waals surface area contributed by atoms with Crippen LogP contribution in [0.15, 0.2) is 18.2 Å². The van der Waals surface area contributed by atoms with Crippen molar-refractivity contribution < 1.29 is 14.3 Å². The van der Waals surface area contributed by atoms with E-state index < -0.39 is 22.6 Å². The number of nitrogens with two attached hydrogens (primary N) is 1. The predicted molar refractivity (Wildman–Crippen MR) is 72.1 cm³/mol. The zero-order chi connectivity index (χ0) is 14.6. The Balaban J connectivity index is 2.82. The summed E-state index contributed by atoms with van der Waals surface area (Å²) >= 11 is 1.25. The summed E-state index contributed by atoms with van der Waals surface area (Å²) < 4.78 is 12.8. The molecule has 0 unspecified atom stereocenters. The van der Waals surface area contributed by atoms with Crippen LogP contribution in [0, 0.1) is 17.1 Å². The lowest BCUT2D eigenvalue weighted by Crippen LogP contribution is -2.46. The summed E-state index contributed by atoms with van der Waals surface area (Å²) in [6, 6.07) is 4.99. The van der Waals surface area contributed by atoms with Crippen LogP contribution in [0.4, 0.5) is 4.39 Å². The molecule has 0 aliphatic rings. The van der Waals surface area contributed by atoms with E-state index in [-0.39, 0.29) is 5.75 Å². The quantitative estimate of drug-likeness (QED) is 0.863. The van der Waals surface area contributed by atoms with Crippen LogP contribution in [0.2, 0.25) is 0 Å². The molecule has 1 aromatic carbocycles. The summed E-state index contributed by atoms with van der Waals surface area (Å²) in [6.45, 7) is 3.39. The van der Waals surface area contributed by atoms with Gasteiger partial charge in [-0.3, -0.25) is 4.79 Å². The first-order chi connectivity index (χ1) is 8.77. The lowest BCUT2D eigenvalue weighted by molar-refractivity contribution is -0.139. The number of carbonyl (C=O) groups is 1. The molecule has 0 aliphatic carbocycles. The molecular formula is C13H15FN2O2S. The number of nitrogens with zero attached hydrogens (tertiary/aromatic N) is 1. The Kier molecular flexibility index (Phi) is 4.92. The number of nitriles is 1. The Hall–Kier alpha value is -1.58. The van der Waals surface area contributed by atoms with Crippen LogP contribution in [-0.2, 0) is 10.5 Å². The lowest BCUT2D eigenvalue weighted by atomic mass is 10.1. The Labute approximate surface area is 115 Å². The lowest BCUT2D eigenvalue weighted by Gasteiger charge is -2.28. The summed E-state index contributed by atoms with van der Waals surface area (Å²) in [4.78, 5) is 10.9. The third-order valence-corrected chi connectivity index (χ3v) is 4.24. The van der Waals surface area contributed by atoms with Gasteiger partial charge in [-0.05, 0) is 37.6 Å². The van der Waals surface area contributed by atoms with Crippen molar-refractivity contribution in [2.75, 3.05) is 0 Å². The molecule has 1 aromatic rings. The van der Waals surface area contributed by atoms with Gasteiger partial charge in [0.25, 0.3) is 0 Å². The van der Waals surface area contributed by atoms with Gasteiger partial charge in [0.05, 0.1) is 11.6 Å². The largest absolute Gasteiger partial charge is 0.480 e. The molecule has 0 aliphatic heterocycles. The van der Waals surface area contributed by atoms with Gasteiger partial charge in [0.15, 0.2) is 0 Å². The van der Waals surface area contributed by atoms with E-state index in [1.54, 1.807) is 13.8 Å². The Morgan fingerprint density at radius 2 is 2.26 bits per heavy atom. The first-order valence-electron chi connectivity index (χ1n) is 5.59. The van der Waals surface area contributed by atoms with Gasteiger partial charge in [-0.1, -0.05) is 0 Å². The number of aliphatic carboxylic acids is 1. The highest BCUT2D eigenvalue weighted by atomic mass is 32.2. The topological polar surface area (TPSA) is 87.1 Å². The van der Waals surface area contributed by atoms with Crippen LogP contribution >= 0.6 is 11.8 Å². The molecule has 4 nitrogen and oxygen atoms in total. The number of hydrogen-bond donors (Lipinski definition) is 2.